The molecule has 1 fully saturated rings. The van der Waals surface area contributed by atoms with Crippen LogP contribution in [0.4, 0.5) is 0 Å². The summed E-state index contributed by atoms with van der Waals surface area (Å²) in [5, 5.41) is 4.26. The highest BCUT2D eigenvalue weighted by Gasteiger charge is 2.41. The molecule has 1 saturated heterocycles. The van der Waals surface area contributed by atoms with Gasteiger partial charge in [0.25, 0.3) is 0 Å². The fourth-order valence-corrected chi connectivity index (χ4v) is 4.88. The zero-order chi connectivity index (χ0) is 22.1. The molecule has 4 aromatic rings. The minimum absolute atomic E-state index is 0.00534. The standard InChI is InChI=1S/C25H24N6S/c1-17-13-21(18(2)31(17)20-8-6-11-27-15-20)24-23(22-9-3-4-12-28-22)29-25(32)30(24)16-19-7-5-10-26-14-19/h3-15,23-24H,16H2,1-2H3,(H,29,32). The first-order chi connectivity index (χ1) is 15.6. The SMILES string of the molecule is Cc1cc(C2C(c3ccccn3)NC(=S)N2Cc2cccnc2)c(C)n1-c1cccnc1. The average molecular weight is 441 g/mol. The molecule has 0 spiro atoms. The van der Waals surface area contributed by atoms with E-state index in [2.05, 4.69) is 67.8 Å². The topological polar surface area (TPSA) is 58.9 Å². The lowest BCUT2D eigenvalue weighted by Gasteiger charge is -2.28. The summed E-state index contributed by atoms with van der Waals surface area (Å²) in [6.45, 7) is 4.96. The largest absolute Gasteiger partial charge is 0.352 e. The summed E-state index contributed by atoms with van der Waals surface area (Å²) in [4.78, 5) is 15.5. The van der Waals surface area contributed by atoms with E-state index in [0.717, 1.165) is 27.8 Å². The Bertz CT molecular complexity index is 1220. The fraction of sp³-hybridized carbons (Fsp3) is 0.200. The van der Waals surface area contributed by atoms with Gasteiger partial charge in [-0.2, -0.15) is 0 Å². The molecule has 2 unspecified atom stereocenters. The molecule has 1 aliphatic heterocycles. The van der Waals surface area contributed by atoms with E-state index in [1.165, 1.54) is 11.3 Å². The van der Waals surface area contributed by atoms with Gasteiger partial charge >= 0.3 is 0 Å². The molecule has 2 atom stereocenters. The number of hydrogen-bond donors (Lipinski definition) is 1. The predicted molar refractivity (Wildman–Crippen MR) is 128 cm³/mol. The molecule has 1 N–H and O–H groups in total. The van der Waals surface area contributed by atoms with Crippen LogP contribution in [-0.4, -0.2) is 29.5 Å². The molecule has 5 rings (SSSR count). The zero-order valence-corrected chi connectivity index (χ0v) is 18.8. The number of aryl methyl sites for hydroxylation is 1. The Hall–Kier alpha value is -3.58. The third-order valence-electron chi connectivity index (χ3n) is 5.97. The van der Waals surface area contributed by atoms with Gasteiger partial charge in [-0.3, -0.25) is 15.0 Å². The summed E-state index contributed by atoms with van der Waals surface area (Å²) in [5.41, 5.74) is 6.69. The van der Waals surface area contributed by atoms with Crippen molar-refractivity contribution in [2.45, 2.75) is 32.5 Å². The van der Waals surface area contributed by atoms with Crippen LogP contribution in [0.3, 0.4) is 0 Å². The Balaban J connectivity index is 1.62. The molecule has 32 heavy (non-hydrogen) atoms. The van der Waals surface area contributed by atoms with E-state index in [4.69, 9.17) is 12.2 Å². The molecule has 4 aromatic heterocycles. The quantitative estimate of drug-likeness (QED) is 0.463. The third-order valence-corrected chi connectivity index (χ3v) is 6.32. The number of nitrogens with zero attached hydrogens (tertiary/aromatic N) is 5. The van der Waals surface area contributed by atoms with Crippen LogP contribution in [0.15, 0.2) is 79.5 Å². The van der Waals surface area contributed by atoms with Crippen LogP contribution in [0, 0.1) is 13.8 Å². The highest BCUT2D eigenvalue weighted by Crippen LogP contribution is 2.42. The molecule has 0 aromatic carbocycles. The van der Waals surface area contributed by atoms with Gasteiger partial charge in [-0.1, -0.05) is 12.1 Å². The van der Waals surface area contributed by atoms with E-state index in [-0.39, 0.29) is 12.1 Å². The van der Waals surface area contributed by atoms with Gasteiger partial charge in [-0.15, -0.1) is 0 Å². The first-order valence-corrected chi connectivity index (χ1v) is 11.0. The van der Waals surface area contributed by atoms with Crippen molar-refractivity contribution in [1.29, 1.82) is 0 Å². The van der Waals surface area contributed by atoms with Crippen LogP contribution in [0.2, 0.25) is 0 Å². The molecule has 5 heterocycles. The Kier molecular flexibility index (Phi) is 5.41. The molecule has 160 valence electrons. The predicted octanol–water partition coefficient (Wildman–Crippen LogP) is 4.45. The summed E-state index contributed by atoms with van der Waals surface area (Å²) < 4.78 is 2.25. The summed E-state index contributed by atoms with van der Waals surface area (Å²) in [6.07, 6.45) is 9.21. The van der Waals surface area contributed by atoms with Gasteiger partial charge in [0, 0.05) is 42.7 Å². The number of pyridine rings is 3. The van der Waals surface area contributed by atoms with Crippen molar-refractivity contribution in [2.24, 2.45) is 0 Å². The minimum Gasteiger partial charge on any atom is -0.352 e. The maximum Gasteiger partial charge on any atom is 0.170 e. The number of aromatic nitrogens is 4. The molecular formula is C25H24N6S. The molecule has 7 heteroatoms. The molecule has 1 aliphatic rings. The highest BCUT2D eigenvalue weighted by molar-refractivity contribution is 7.80. The summed E-state index contributed by atoms with van der Waals surface area (Å²) in [7, 11) is 0. The van der Waals surface area contributed by atoms with Crippen molar-refractivity contribution in [3.8, 4) is 5.69 Å². The van der Waals surface area contributed by atoms with Crippen LogP contribution >= 0.6 is 12.2 Å². The van der Waals surface area contributed by atoms with Crippen LogP contribution < -0.4 is 5.32 Å². The number of hydrogen-bond acceptors (Lipinski definition) is 4. The van der Waals surface area contributed by atoms with E-state index in [9.17, 15) is 0 Å². The van der Waals surface area contributed by atoms with Gasteiger partial charge in [0.05, 0.1) is 29.7 Å². The Morgan fingerprint density at radius 2 is 1.78 bits per heavy atom. The molecule has 0 radical (unpaired) electrons. The van der Waals surface area contributed by atoms with Crippen molar-refractivity contribution in [2.75, 3.05) is 0 Å². The second-order valence-corrected chi connectivity index (χ2v) is 8.38. The second kappa shape index (κ2) is 8.51. The van der Waals surface area contributed by atoms with Crippen molar-refractivity contribution in [1.82, 2.24) is 29.7 Å². The van der Waals surface area contributed by atoms with Crippen LogP contribution in [0.1, 0.15) is 40.3 Å². The average Bonchev–Trinajstić information content (AvgIpc) is 3.30. The summed E-state index contributed by atoms with van der Waals surface area (Å²) in [6, 6.07) is 16.3. The van der Waals surface area contributed by atoms with E-state index in [1.54, 1.807) is 12.4 Å². The van der Waals surface area contributed by atoms with Gasteiger partial charge in [0.15, 0.2) is 5.11 Å². The van der Waals surface area contributed by atoms with E-state index >= 15 is 0 Å². The first kappa shape index (κ1) is 20.3. The Labute approximate surface area is 193 Å². The summed E-state index contributed by atoms with van der Waals surface area (Å²) >= 11 is 5.82. The van der Waals surface area contributed by atoms with Crippen molar-refractivity contribution < 1.29 is 0 Å². The van der Waals surface area contributed by atoms with Crippen LogP contribution in [0.25, 0.3) is 5.69 Å². The zero-order valence-electron chi connectivity index (χ0n) is 18.0. The fourth-order valence-electron chi connectivity index (χ4n) is 4.57. The third kappa shape index (κ3) is 3.65. The second-order valence-electron chi connectivity index (χ2n) is 7.99. The smallest absolute Gasteiger partial charge is 0.170 e. The summed E-state index contributed by atoms with van der Waals surface area (Å²) in [5.74, 6) is 0. The molecule has 0 bridgehead atoms. The molecule has 0 amide bonds. The maximum atomic E-state index is 5.82. The van der Waals surface area contributed by atoms with E-state index < -0.39 is 0 Å². The van der Waals surface area contributed by atoms with Crippen molar-refractivity contribution in [3.05, 3.63) is 108 Å². The van der Waals surface area contributed by atoms with Gasteiger partial charge < -0.3 is 14.8 Å². The Morgan fingerprint density at radius 3 is 2.47 bits per heavy atom. The van der Waals surface area contributed by atoms with Gasteiger partial charge in [-0.25, -0.2) is 0 Å². The van der Waals surface area contributed by atoms with Gasteiger partial charge in [0.2, 0.25) is 0 Å². The Morgan fingerprint density at radius 1 is 0.969 bits per heavy atom. The maximum absolute atomic E-state index is 5.82. The van der Waals surface area contributed by atoms with Crippen molar-refractivity contribution >= 4 is 17.3 Å². The minimum atomic E-state index is -0.0526. The van der Waals surface area contributed by atoms with Crippen LogP contribution in [-0.2, 0) is 6.54 Å². The lowest BCUT2D eigenvalue weighted by atomic mass is 9.96. The molecule has 6 nitrogen and oxygen atoms in total. The number of thiocarbonyl (C=S) groups is 1. The van der Waals surface area contributed by atoms with Crippen molar-refractivity contribution in [3.63, 3.8) is 0 Å². The van der Waals surface area contributed by atoms with E-state index in [1.807, 2.05) is 42.9 Å². The lowest BCUT2D eigenvalue weighted by molar-refractivity contribution is 0.310. The van der Waals surface area contributed by atoms with Crippen LogP contribution in [0.5, 0.6) is 0 Å². The van der Waals surface area contributed by atoms with Gasteiger partial charge in [-0.05, 0) is 73.6 Å². The highest BCUT2D eigenvalue weighted by atomic mass is 32.1. The normalized spacial score (nSPS) is 18.1. The van der Waals surface area contributed by atoms with Gasteiger partial charge in [0.1, 0.15) is 0 Å². The lowest BCUT2D eigenvalue weighted by Crippen LogP contribution is -2.29. The number of nitrogens with one attached hydrogen (secondary N) is 1. The number of rotatable bonds is 5. The first-order valence-electron chi connectivity index (χ1n) is 10.6. The van der Waals surface area contributed by atoms with E-state index in [0.29, 0.717) is 6.54 Å². The monoisotopic (exact) mass is 440 g/mol. The molecule has 0 saturated carbocycles. The molecular weight excluding hydrogens is 416 g/mol. The molecule has 0 aliphatic carbocycles.